The van der Waals surface area contributed by atoms with E-state index in [1.165, 1.54) is 11.1 Å². The molecule has 6 N–H and O–H groups in total. The molecule has 0 saturated heterocycles. The van der Waals surface area contributed by atoms with Crippen molar-refractivity contribution in [2.75, 3.05) is 0 Å². The first-order valence-corrected chi connectivity index (χ1v) is 12.0. The molecule has 2 unspecified atom stereocenters. The van der Waals surface area contributed by atoms with Crippen LogP contribution in [0.25, 0.3) is 10.9 Å². The van der Waals surface area contributed by atoms with Crippen LogP contribution in [-0.2, 0) is 11.3 Å². The summed E-state index contributed by atoms with van der Waals surface area (Å²) in [6, 6.07) is 7.82. The molecule has 1 saturated carbocycles. The van der Waals surface area contributed by atoms with E-state index in [1.807, 2.05) is 24.3 Å². The number of aromatic nitrogens is 1. The Balaban J connectivity index is 1.53. The van der Waals surface area contributed by atoms with Gasteiger partial charge in [0.25, 0.3) is 0 Å². The molecule has 0 spiro atoms. The molecule has 2 aromatic rings. The van der Waals surface area contributed by atoms with E-state index in [-0.39, 0.29) is 18.0 Å². The van der Waals surface area contributed by atoms with Crippen molar-refractivity contribution in [2.24, 2.45) is 22.5 Å². The Bertz CT molecular complexity index is 1210. The van der Waals surface area contributed by atoms with E-state index in [4.69, 9.17) is 16.2 Å². The first-order chi connectivity index (χ1) is 16.5. The highest BCUT2D eigenvalue weighted by molar-refractivity contribution is 6.00. The minimum Gasteiger partial charge on any atom is -0.409 e. The average Bonchev–Trinajstić information content (AvgIpc) is 3.23. The van der Waals surface area contributed by atoms with Gasteiger partial charge in [-0.2, -0.15) is 0 Å². The number of allylic oxidation sites excluding steroid dienone is 8. The van der Waals surface area contributed by atoms with Gasteiger partial charge in [0, 0.05) is 35.0 Å². The van der Waals surface area contributed by atoms with E-state index in [1.54, 1.807) is 0 Å². The number of aliphatic hydroxyl groups is 1. The Morgan fingerprint density at radius 2 is 1.97 bits per heavy atom. The molecular weight excluding hydrogens is 428 g/mol. The van der Waals surface area contributed by atoms with Crippen LogP contribution in [0.5, 0.6) is 0 Å². The van der Waals surface area contributed by atoms with Crippen LogP contribution in [0.4, 0.5) is 0 Å². The molecular formula is C27H32N4O3. The molecule has 7 nitrogen and oxygen atoms in total. The van der Waals surface area contributed by atoms with Crippen LogP contribution in [0.1, 0.15) is 49.7 Å². The zero-order valence-electron chi connectivity index (χ0n) is 19.2. The van der Waals surface area contributed by atoms with E-state index in [9.17, 15) is 10.3 Å². The fourth-order valence-corrected chi connectivity index (χ4v) is 5.24. The SMILES string of the molecule is N/C(=N/O)c1ccc2cc(C(O)OC3CCC(N)CC3)n(CC3=CC=CC4CC=CC=C34)c2c1. The first-order valence-electron chi connectivity index (χ1n) is 12.0. The van der Waals surface area contributed by atoms with Crippen LogP contribution in [0.15, 0.2) is 77.0 Å². The fraction of sp³-hybridized carbons (Fsp3) is 0.370. The highest BCUT2D eigenvalue weighted by Crippen LogP contribution is 2.35. The zero-order chi connectivity index (χ0) is 23.7. The number of amidine groups is 1. The second-order valence-electron chi connectivity index (χ2n) is 9.41. The minimum atomic E-state index is -1.06. The topological polar surface area (TPSA) is 119 Å². The molecule has 3 aliphatic rings. The van der Waals surface area contributed by atoms with Gasteiger partial charge in [-0.3, -0.25) is 0 Å². The molecule has 0 aliphatic heterocycles. The smallest absolute Gasteiger partial charge is 0.196 e. The van der Waals surface area contributed by atoms with Crippen molar-refractivity contribution in [3.05, 3.63) is 83.1 Å². The van der Waals surface area contributed by atoms with Gasteiger partial charge in [0.1, 0.15) is 0 Å². The number of nitrogens with two attached hydrogens (primary N) is 2. The summed E-state index contributed by atoms with van der Waals surface area (Å²) in [4.78, 5) is 0. The standard InChI is InChI=1S/C27H32N4O3/c28-21-10-12-22(13-11-21)34-27(32)25-14-18-8-9-19(26(29)30-33)15-24(18)31(25)16-20-6-3-5-17-4-1-2-7-23(17)20/h1-3,5-9,14-15,17,21-22,27,32-33H,4,10-13,16,28H2,(H2,29,30). The summed E-state index contributed by atoms with van der Waals surface area (Å²) in [5.41, 5.74) is 16.6. The lowest BCUT2D eigenvalue weighted by Crippen LogP contribution is -2.31. The summed E-state index contributed by atoms with van der Waals surface area (Å²) in [5.74, 6) is 0.419. The molecule has 34 heavy (non-hydrogen) atoms. The van der Waals surface area contributed by atoms with Crippen LogP contribution >= 0.6 is 0 Å². The van der Waals surface area contributed by atoms with Crippen molar-refractivity contribution in [3.63, 3.8) is 0 Å². The number of fused-ring (bicyclic) bond motifs is 2. The molecule has 5 rings (SSSR count). The highest BCUT2D eigenvalue weighted by atomic mass is 16.6. The van der Waals surface area contributed by atoms with Gasteiger partial charge in [-0.25, -0.2) is 0 Å². The maximum absolute atomic E-state index is 11.2. The van der Waals surface area contributed by atoms with Crippen molar-refractivity contribution < 1.29 is 15.1 Å². The molecule has 1 fully saturated rings. The number of oxime groups is 1. The van der Waals surface area contributed by atoms with Crippen molar-refractivity contribution >= 4 is 16.7 Å². The lowest BCUT2D eigenvalue weighted by Gasteiger charge is -2.29. The highest BCUT2D eigenvalue weighted by Gasteiger charge is 2.26. The number of aliphatic hydroxyl groups excluding tert-OH is 1. The van der Waals surface area contributed by atoms with Crippen LogP contribution in [0, 0.1) is 5.92 Å². The predicted molar refractivity (Wildman–Crippen MR) is 133 cm³/mol. The van der Waals surface area contributed by atoms with Gasteiger partial charge in [0.15, 0.2) is 12.1 Å². The molecule has 1 aromatic heterocycles. The van der Waals surface area contributed by atoms with Crippen molar-refractivity contribution in [2.45, 2.75) is 57.1 Å². The number of benzene rings is 1. The number of hydrogen-bond acceptors (Lipinski definition) is 5. The van der Waals surface area contributed by atoms with Gasteiger partial charge in [-0.15, -0.1) is 0 Å². The molecule has 1 heterocycles. The van der Waals surface area contributed by atoms with Gasteiger partial charge in [-0.05, 0) is 55.4 Å². The first kappa shape index (κ1) is 22.7. The van der Waals surface area contributed by atoms with E-state index in [2.05, 4.69) is 46.2 Å². The molecule has 1 aromatic carbocycles. The third kappa shape index (κ3) is 4.46. The predicted octanol–water partition coefficient (Wildman–Crippen LogP) is 4.01. The van der Waals surface area contributed by atoms with Crippen LogP contribution in [0.2, 0.25) is 0 Å². The molecule has 0 radical (unpaired) electrons. The van der Waals surface area contributed by atoms with E-state index >= 15 is 0 Å². The van der Waals surface area contributed by atoms with E-state index in [0.717, 1.165) is 43.0 Å². The second-order valence-corrected chi connectivity index (χ2v) is 9.41. The zero-order valence-corrected chi connectivity index (χ0v) is 19.2. The van der Waals surface area contributed by atoms with E-state index < -0.39 is 6.29 Å². The maximum Gasteiger partial charge on any atom is 0.196 e. The number of hydrogen-bond donors (Lipinski definition) is 4. The van der Waals surface area contributed by atoms with Gasteiger partial charge in [-0.1, -0.05) is 53.7 Å². The summed E-state index contributed by atoms with van der Waals surface area (Å²) in [6.45, 7) is 0.578. The molecule has 2 atom stereocenters. The number of ether oxygens (including phenoxy) is 1. The molecule has 7 heteroatoms. The van der Waals surface area contributed by atoms with Gasteiger partial charge < -0.3 is 31.1 Å². The quantitative estimate of drug-likeness (QED) is 0.171. The summed E-state index contributed by atoms with van der Waals surface area (Å²) in [6.07, 6.45) is 16.4. The van der Waals surface area contributed by atoms with Crippen LogP contribution in [0.3, 0.4) is 0 Å². The van der Waals surface area contributed by atoms with Gasteiger partial charge >= 0.3 is 0 Å². The molecule has 3 aliphatic carbocycles. The Morgan fingerprint density at radius 1 is 1.15 bits per heavy atom. The van der Waals surface area contributed by atoms with Crippen molar-refractivity contribution in [1.82, 2.24) is 4.57 Å². The molecule has 0 bridgehead atoms. The van der Waals surface area contributed by atoms with Gasteiger partial charge in [0.2, 0.25) is 0 Å². The molecule has 0 amide bonds. The van der Waals surface area contributed by atoms with Crippen molar-refractivity contribution in [1.29, 1.82) is 0 Å². The molecule has 178 valence electrons. The number of rotatable bonds is 6. The summed E-state index contributed by atoms with van der Waals surface area (Å²) >= 11 is 0. The van der Waals surface area contributed by atoms with Crippen molar-refractivity contribution in [3.8, 4) is 0 Å². The van der Waals surface area contributed by atoms with E-state index in [0.29, 0.717) is 23.7 Å². The Kier molecular flexibility index (Phi) is 6.41. The second kappa shape index (κ2) is 9.62. The Labute approximate surface area is 199 Å². The van der Waals surface area contributed by atoms with Crippen LogP contribution in [-0.4, -0.2) is 32.9 Å². The number of nitrogens with zero attached hydrogens (tertiary/aromatic N) is 2. The summed E-state index contributed by atoms with van der Waals surface area (Å²) < 4.78 is 8.21. The lowest BCUT2D eigenvalue weighted by atomic mass is 9.83. The minimum absolute atomic E-state index is 0.0126. The largest absolute Gasteiger partial charge is 0.409 e. The fourth-order valence-electron chi connectivity index (χ4n) is 5.24. The average molecular weight is 461 g/mol. The third-order valence-electron chi connectivity index (χ3n) is 7.17. The van der Waals surface area contributed by atoms with Gasteiger partial charge in [0.05, 0.1) is 11.8 Å². The summed E-state index contributed by atoms with van der Waals surface area (Å²) in [7, 11) is 0. The summed E-state index contributed by atoms with van der Waals surface area (Å²) in [5, 5.41) is 24.5. The Hall–Kier alpha value is -3.13. The monoisotopic (exact) mass is 460 g/mol. The van der Waals surface area contributed by atoms with Crippen LogP contribution < -0.4 is 11.5 Å². The normalized spacial score (nSPS) is 25.7. The maximum atomic E-state index is 11.2. The third-order valence-corrected chi connectivity index (χ3v) is 7.17. The Morgan fingerprint density at radius 3 is 2.76 bits per heavy atom. The lowest BCUT2D eigenvalue weighted by molar-refractivity contribution is -0.151.